The van der Waals surface area contributed by atoms with Gasteiger partial charge in [0.05, 0.1) is 0 Å². The molecule has 16 heavy (non-hydrogen) atoms. The second-order valence-electron chi connectivity index (χ2n) is 4.87. The highest BCUT2D eigenvalue weighted by Gasteiger charge is 2.24. The van der Waals surface area contributed by atoms with Crippen LogP contribution >= 0.6 is 0 Å². The Morgan fingerprint density at radius 1 is 1.44 bits per heavy atom. The summed E-state index contributed by atoms with van der Waals surface area (Å²) in [5.74, 6) is -0.728. The standard InChI is InChI=1S/C12H24N2O2/c1-4-11(12(15)16)13-10-5-7-14(8-6-10)9(2)3/h9-11,13H,4-8H2,1-3H3,(H,15,16). The molecular weight excluding hydrogens is 204 g/mol. The van der Waals surface area contributed by atoms with Crippen LogP contribution in [-0.4, -0.2) is 47.2 Å². The summed E-state index contributed by atoms with van der Waals surface area (Å²) < 4.78 is 0. The number of rotatable bonds is 5. The fraction of sp³-hybridized carbons (Fsp3) is 0.917. The van der Waals surface area contributed by atoms with Crippen molar-refractivity contribution in [3.8, 4) is 0 Å². The first-order chi connectivity index (χ1) is 7.54. The summed E-state index contributed by atoms with van der Waals surface area (Å²) in [7, 11) is 0. The summed E-state index contributed by atoms with van der Waals surface area (Å²) in [6.45, 7) is 8.48. The lowest BCUT2D eigenvalue weighted by Crippen LogP contribution is -2.49. The number of nitrogens with one attached hydrogen (secondary N) is 1. The third kappa shape index (κ3) is 3.76. The van der Waals surface area contributed by atoms with E-state index >= 15 is 0 Å². The smallest absolute Gasteiger partial charge is 0.320 e. The van der Waals surface area contributed by atoms with E-state index in [1.165, 1.54) is 0 Å². The number of hydrogen-bond donors (Lipinski definition) is 2. The fourth-order valence-corrected chi connectivity index (χ4v) is 2.23. The number of carboxylic acids is 1. The third-order valence-electron chi connectivity index (χ3n) is 3.40. The minimum Gasteiger partial charge on any atom is -0.480 e. The van der Waals surface area contributed by atoms with Crippen LogP contribution in [0.25, 0.3) is 0 Å². The summed E-state index contributed by atoms with van der Waals surface area (Å²) in [4.78, 5) is 13.3. The molecule has 0 spiro atoms. The van der Waals surface area contributed by atoms with Crippen molar-refractivity contribution in [3.63, 3.8) is 0 Å². The van der Waals surface area contributed by atoms with Gasteiger partial charge >= 0.3 is 5.97 Å². The largest absolute Gasteiger partial charge is 0.480 e. The van der Waals surface area contributed by atoms with Crippen molar-refractivity contribution in [2.24, 2.45) is 0 Å². The molecule has 0 amide bonds. The molecule has 1 heterocycles. The van der Waals surface area contributed by atoms with Gasteiger partial charge in [-0.1, -0.05) is 6.92 Å². The number of hydrogen-bond acceptors (Lipinski definition) is 3. The summed E-state index contributed by atoms with van der Waals surface area (Å²) in [5, 5.41) is 12.2. The lowest BCUT2D eigenvalue weighted by molar-refractivity contribution is -0.139. The van der Waals surface area contributed by atoms with E-state index in [0.29, 0.717) is 18.5 Å². The Morgan fingerprint density at radius 3 is 2.38 bits per heavy atom. The lowest BCUT2D eigenvalue weighted by Gasteiger charge is -2.35. The van der Waals surface area contributed by atoms with Crippen molar-refractivity contribution in [1.29, 1.82) is 0 Å². The second kappa shape index (κ2) is 6.21. The predicted molar refractivity (Wildman–Crippen MR) is 64.6 cm³/mol. The van der Waals surface area contributed by atoms with Gasteiger partial charge < -0.3 is 15.3 Å². The zero-order valence-electron chi connectivity index (χ0n) is 10.6. The molecule has 0 aromatic heterocycles. The Labute approximate surface area is 98.0 Å². The van der Waals surface area contributed by atoms with Gasteiger partial charge in [0.1, 0.15) is 6.04 Å². The summed E-state index contributed by atoms with van der Waals surface area (Å²) in [6.07, 6.45) is 2.77. The maximum atomic E-state index is 10.9. The Bertz CT molecular complexity index is 223. The molecule has 1 unspecified atom stereocenters. The minimum absolute atomic E-state index is 0.371. The maximum absolute atomic E-state index is 10.9. The average Bonchev–Trinajstić information content (AvgIpc) is 2.26. The molecule has 0 radical (unpaired) electrons. The summed E-state index contributed by atoms with van der Waals surface area (Å²) >= 11 is 0. The van der Waals surface area contributed by atoms with E-state index in [4.69, 9.17) is 5.11 Å². The van der Waals surface area contributed by atoms with Crippen molar-refractivity contribution in [3.05, 3.63) is 0 Å². The van der Waals surface area contributed by atoms with Crippen LogP contribution in [0.3, 0.4) is 0 Å². The molecular formula is C12H24N2O2. The monoisotopic (exact) mass is 228 g/mol. The molecule has 1 aliphatic heterocycles. The Hall–Kier alpha value is -0.610. The number of aliphatic carboxylic acids is 1. The Morgan fingerprint density at radius 2 is 2.00 bits per heavy atom. The number of piperidine rings is 1. The molecule has 0 aliphatic carbocycles. The van der Waals surface area contributed by atoms with E-state index in [1.54, 1.807) is 0 Å². The van der Waals surface area contributed by atoms with Gasteiger partial charge in [-0.15, -0.1) is 0 Å². The molecule has 1 atom stereocenters. The van der Waals surface area contributed by atoms with Gasteiger partial charge in [-0.05, 0) is 46.2 Å². The number of nitrogens with zero attached hydrogens (tertiary/aromatic N) is 1. The van der Waals surface area contributed by atoms with E-state index in [-0.39, 0.29) is 6.04 Å². The van der Waals surface area contributed by atoms with Crippen molar-refractivity contribution < 1.29 is 9.90 Å². The SMILES string of the molecule is CCC(NC1CCN(C(C)C)CC1)C(=O)O. The molecule has 2 N–H and O–H groups in total. The lowest BCUT2D eigenvalue weighted by atomic mass is 10.0. The fourth-order valence-electron chi connectivity index (χ4n) is 2.23. The van der Waals surface area contributed by atoms with Gasteiger partial charge in [0.25, 0.3) is 0 Å². The molecule has 1 aliphatic rings. The van der Waals surface area contributed by atoms with Crippen LogP contribution in [0.2, 0.25) is 0 Å². The molecule has 4 nitrogen and oxygen atoms in total. The molecule has 94 valence electrons. The third-order valence-corrected chi connectivity index (χ3v) is 3.40. The molecule has 1 rings (SSSR count). The number of carboxylic acid groups (broad SMARTS) is 1. The maximum Gasteiger partial charge on any atom is 0.320 e. The van der Waals surface area contributed by atoms with Crippen LogP contribution in [0.1, 0.15) is 40.0 Å². The van der Waals surface area contributed by atoms with Crippen LogP contribution in [0.4, 0.5) is 0 Å². The zero-order valence-corrected chi connectivity index (χ0v) is 10.6. The van der Waals surface area contributed by atoms with E-state index in [9.17, 15) is 4.79 Å². The molecule has 0 bridgehead atoms. The highest BCUT2D eigenvalue weighted by molar-refractivity contribution is 5.73. The first-order valence-electron chi connectivity index (χ1n) is 6.27. The molecule has 1 saturated heterocycles. The van der Waals surface area contributed by atoms with Crippen molar-refractivity contribution in [2.75, 3.05) is 13.1 Å². The quantitative estimate of drug-likeness (QED) is 0.745. The minimum atomic E-state index is -0.728. The van der Waals surface area contributed by atoms with Gasteiger partial charge in [-0.25, -0.2) is 0 Å². The van der Waals surface area contributed by atoms with E-state index in [1.807, 2.05) is 6.92 Å². The Kier molecular flexibility index (Phi) is 5.22. The first-order valence-corrected chi connectivity index (χ1v) is 6.27. The summed E-state index contributed by atoms with van der Waals surface area (Å²) in [5.41, 5.74) is 0. The summed E-state index contributed by atoms with van der Waals surface area (Å²) in [6, 6.07) is 0.592. The normalized spacial score (nSPS) is 21.2. The van der Waals surface area contributed by atoms with Gasteiger partial charge in [0.15, 0.2) is 0 Å². The Balaban J connectivity index is 2.34. The first kappa shape index (κ1) is 13.5. The van der Waals surface area contributed by atoms with Crippen LogP contribution in [0, 0.1) is 0 Å². The molecule has 0 aromatic rings. The van der Waals surface area contributed by atoms with Crippen molar-refractivity contribution >= 4 is 5.97 Å². The van der Waals surface area contributed by atoms with Crippen molar-refractivity contribution in [2.45, 2.75) is 58.2 Å². The highest BCUT2D eigenvalue weighted by Crippen LogP contribution is 2.13. The van der Waals surface area contributed by atoms with Crippen LogP contribution < -0.4 is 5.32 Å². The molecule has 0 saturated carbocycles. The van der Waals surface area contributed by atoms with Gasteiger partial charge in [-0.3, -0.25) is 4.79 Å². The van der Waals surface area contributed by atoms with Crippen LogP contribution in [-0.2, 0) is 4.79 Å². The average molecular weight is 228 g/mol. The van der Waals surface area contributed by atoms with Crippen LogP contribution in [0.5, 0.6) is 0 Å². The van der Waals surface area contributed by atoms with Gasteiger partial charge in [0.2, 0.25) is 0 Å². The molecule has 1 fully saturated rings. The van der Waals surface area contributed by atoms with E-state index in [0.717, 1.165) is 25.9 Å². The van der Waals surface area contributed by atoms with Gasteiger partial charge in [0, 0.05) is 12.1 Å². The zero-order chi connectivity index (χ0) is 12.1. The predicted octanol–water partition coefficient (Wildman–Crippen LogP) is 1.31. The number of carbonyl (C=O) groups is 1. The second-order valence-corrected chi connectivity index (χ2v) is 4.87. The van der Waals surface area contributed by atoms with E-state index < -0.39 is 5.97 Å². The molecule has 0 aromatic carbocycles. The molecule has 4 heteroatoms. The van der Waals surface area contributed by atoms with Crippen molar-refractivity contribution in [1.82, 2.24) is 10.2 Å². The highest BCUT2D eigenvalue weighted by atomic mass is 16.4. The topological polar surface area (TPSA) is 52.6 Å². The van der Waals surface area contributed by atoms with Crippen LogP contribution in [0.15, 0.2) is 0 Å². The van der Waals surface area contributed by atoms with E-state index in [2.05, 4.69) is 24.1 Å². The number of likely N-dealkylation sites (tertiary alicyclic amines) is 1. The van der Waals surface area contributed by atoms with Gasteiger partial charge in [-0.2, -0.15) is 0 Å².